The van der Waals surface area contributed by atoms with E-state index >= 15 is 0 Å². The number of hydrogen-bond acceptors (Lipinski definition) is 3. The molecule has 2 aliphatic rings. The van der Waals surface area contributed by atoms with Gasteiger partial charge < -0.3 is 10.0 Å². The fraction of sp³-hybridized carbons (Fsp3) is 0.688. The predicted octanol–water partition coefficient (Wildman–Crippen LogP) is 3.01. The van der Waals surface area contributed by atoms with Crippen molar-refractivity contribution >= 4 is 5.82 Å². The zero-order chi connectivity index (χ0) is 13.4. The van der Waals surface area contributed by atoms with Crippen LogP contribution >= 0.6 is 0 Å². The van der Waals surface area contributed by atoms with Crippen molar-refractivity contribution in [2.45, 2.75) is 38.7 Å². The van der Waals surface area contributed by atoms with Crippen LogP contribution in [-0.4, -0.2) is 23.7 Å². The van der Waals surface area contributed by atoms with E-state index in [2.05, 4.69) is 16.9 Å². The molecule has 2 saturated carbocycles. The van der Waals surface area contributed by atoms with Crippen molar-refractivity contribution in [3.8, 4) is 0 Å². The van der Waals surface area contributed by atoms with Crippen molar-refractivity contribution in [1.29, 1.82) is 0 Å². The number of rotatable bonds is 4. The van der Waals surface area contributed by atoms with Crippen LogP contribution < -0.4 is 4.90 Å². The molecule has 0 aromatic carbocycles. The van der Waals surface area contributed by atoms with Gasteiger partial charge in [0.25, 0.3) is 0 Å². The molecule has 3 heteroatoms. The summed E-state index contributed by atoms with van der Waals surface area (Å²) in [7, 11) is 2.14. The quantitative estimate of drug-likeness (QED) is 0.904. The number of anilines is 1. The molecule has 2 bridgehead atoms. The molecular formula is C16H24N2O. The fourth-order valence-corrected chi connectivity index (χ4v) is 3.92. The highest BCUT2D eigenvalue weighted by Crippen LogP contribution is 2.48. The summed E-state index contributed by atoms with van der Waals surface area (Å²) in [6.45, 7) is 2.90. The maximum atomic E-state index is 9.50. The average molecular weight is 260 g/mol. The van der Waals surface area contributed by atoms with Gasteiger partial charge in [0.2, 0.25) is 0 Å². The van der Waals surface area contributed by atoms with Gasteiger partial charge in [-0.2, -0.15) is 0 Å². The van der Waals surface area contributed by atoms with Gasteiger partial charge in [0.15, 0.2) is 0 Å². The second-order valence-electron chi connectivity index (χ2n) is 6.44. The van der Waals surface area contributed by atoms with Gasteiger partial charge in [-0.15, -0.1) is 0 Å². The Labute approximate surface area is 115 Å². The topological polar surface area (TPSA) is 36.4 Å². The summed E-state index contributed by atoms with van der Waals surface area (Å²) < 4.78 is 0. The largest absolute Gasteiger partial charge is 0.389 e. The van der Waals surface area contributed by atoms with Crippen molar-refractivity contribution in [1.82, 2.24) is 4.98 Å². The number of fused-ring (bicyclic) bond motifs is 2. The van der Waals surface area contributed by atoms with Gasteiger partial charge in [-0.3, -0.25) is 0 Å². The summed E-state index contributed by atoms with van der Waals surface area (Å²) in [6.07, 6.45) is 7.15. The van der Waals surface area contributed by atoms with Crippen LogP contribution in [0.5, 0.6) is 0 Å². The first-order chi connectivity index (χ1) is 9.13. The molecule has 0 spiro atoms. The van der Waals surface area contributed by atoms with Gasteiger partial charge in [-0.25, -0.2) is 4.98 Å². The number of aliphatic hydroxyl groups is 1. The third-order valence-electron chi connectivity index (χ3n) is 5.04. The molecule has 0 radical (unpaired) electrons. The number of pyridine rings is 1. The third kappa shape index (κ3) is 2.62. The first-order valence-corrected chi connectivity index (χ1v) is 7.48. The summed E-state index contributed by atoms with van der Waals surface area (Å²) in [5, 5.41) is 9.50. The van der Waals surface area contributed by atoms with E-state index < -0.39 is 6.10 Å². The minimum absolute atomic E-state index is 0.433. The summed E-state index contributed by atoms with van der Waals surface area (Å²) in [5.74, 6) is 3.85. The van der Waals surface area contributed by atoms with Crippen LogP contribution in [0.15, 0.2) is 18.3 Å². The molecule has 3 unspecified atom stereocenters. The van der Waals surface area contributed by atoms with Gasteiger partial charge in [-0.05, 0) is 55.6 Å². The monoisotopic (exact) mass is 260 g/mol. The SMILES string of the molecule is C[C@@H](O)c1ccc(N(C)CC2CC3CCC2C3)nc1. The Balaban J connectivity index is 1.62. The van der Waals surface area contributed by atoms with Crippen molar-refractivity contribution < 1.29 is 5.11 Å². The normalized spacial score (nSPS) is 30.6. The Morgan fingerprint density at radius 3 is 2.74 bits per heavy atom. The van der Waals surface area contributed by atoms with E-state index in [-0.39, 0.29) is 0 Å². The van der Waals surface area contributed by atoms with Crippen LogP contribution in [0, 0.1) is 17.8 Å². The van der Waals surface area contributed by atoms with E-state index in [4.69, 9.17) is 0 Å². The molecule has 2 aliphatic carbocycles. The van der Waals surface area contributed by atoms with E-state index in [1.165, 1.54) is 25.7 Å². The highest BCUT2D eigenvalue weighted by molar-refractivity contribution is 5.38. The molecule has 3 nitrogen and oxygen atoms in total. The Morgan fingerprint density at radius 2 is 2.21 bits per heavy atom. The average Bonchev–Trinajstić information content (AvgIpc) is 3.01. The van der Waals surface area contributed by atoms with Gasteiger partial charge in [-0.1, -0.05) is 12.5 Å². The zero-order valence-electron chi connectivity index (χ0n) is 11.9. The number of aromatic nitrogens is 1. The van der Waals surface area contributed by atoms with Crippen molar-refractivity contribution in [2.24, 2.45) is 17.8 Å². The molecule has 1 N–H and O–H groups in total. The molecule has 1 heterocycles. The van der Waals surface area contributed by atoms with E-state index in [1.54, 1.807) is 13.1 Å². The molecule has 4 atom stereocenters. The molecule has 0 aliphatic heterocycles. The van der Waals surface area contributed by atoms with E-state index in [9.17, 15) is 5.11 Å². The minimum Gasteiger partial charge on any atom is -0.389 e. The number of hydrogen-bond donors (Lipinski definition) is 1. The van der Waals surface area contributed by atoms with Crippen molar-refractivity contribution in [3.05, 3.63) is 23.9 Å². The van der Waals surface area contributed by atoms with Crippen molar-refractivity contribution in [3.63, 3.8) is 0 Å². The van der Waals surface area contributed by atoms with Gasteiger partial charge in [0, 0.05) is 19.8 Å². The lowest BCUT2D eigenvalue weighted by Crippen LogP contribution is -2.29. The predicted molar refractivity (Wildman–Crippen MR) is 77.1 cm³/mol. The first-order valence-electron chi connectivity index (χ1n) is 7.48. The highest BCUT2D eigenvalue weighted by Gasteiger charge is 2.39. The van der Waals surface area contributed by atoms with Gasteiger partial charge in [0.1, 0.15) is 5.82 Å². The minimum atomic E-state index is -0.433. The van der Waals surface area contributed by atoms with Crippen molar-refractivity contribution in [2.75, 3.05) is 18.5 Å². The first kappa shape index (κ1) is 12.9. The van der Waals surface area contributed by atoms with Crippen LogP contribution in [0.1, 0.15) is 44.3 Å². The van der Waals surface area contributed by atoms with E-state index in [0.29, 0.717) is 0 Å². The van der Waals surface area contributed by atoms with Crippen LogP contribution in [0.4, 0.5) is 5.82 Å². The highest BCUT2D eigenvalue weighted by atomic mass is 16.3. The molecule has 2 fully saturated rings. The Morgan fingerprint density at radius 1 is 1.37 bits per heavy atom. The van der Waals surface area contributed by atoms with Crippen LogP contribution in [-0.2, 0) is 0 Å². The molecular weight excluding hydrogens is 236 g/mol. The Kier molecular flexibility index (Phi) is 3.48. The molecule has 19 heavy (non-hydrogen) atoms. The fourth-order valence-electron chi connectivity index (χ4n) is 3.92. The summed E-state index contributed by atoms with van der Waals surface area (Å²) >= 11 is 0. The lowest BCUT2D eigenvalue weighted by atomic mass is 9.88. The Bertz CT molecular complexity index is 429. The summed E-state index contributed by atoms with van der Waals surface area (Å²) in [5.41, 5.74) is 0.886. The lowest BCUT2D eigenvalue weighted by Gasteiger charge is -2.28. The third-order valence-corrected chi connectivity index (χ3v) is 5.04. The molecule has 3 rings (SSSR count). The maximum Gasteiger partial charge on any atom is 0.128 e. The molecule has 1 aromatic heterocycles. The van der Waals surface area contributed by atoms with Gasteiger partial charge in [0.05, 0.1) is 6.10 Å². The van der Waals surface area contributed by atoms with E-state index in [1.807, 2.05) is 12.1 Å². The zero-order valence-corrected chi connectivity index (χ0v) is 11.9. The van der Waals surface area contributed by atoms with Crippen LogP contribution in [0.3, 0.4) is 0 Å². The maximum absolute atomic E-state index is 9.50. The smallest absolute Gasteiger partial charge is 0.128 e. The Hall–Kier alpha value is -1.09. The summed E-state index contributed by atoms with van der Waals surface area (Å²) in [4.78, 5) is 6.74. The van der Waals surface area contributed by atoms with Gasteiger partial charge >= 0.3 is 0 Å². The van der Waals surface area contributed by atoms with Crippen LogP contribution in [0.25, 0.3) is 0 Å². The molecule has 0 saturated heterocycles. The summed E-state index contributed by atoms with van der Waals surface area (Å²) in [6, 6.07) is 4.00. The second-order valence-corrected chi connectivity index (χ2v) is 6.44. The number of aliphatic hydroxyl groups excluding tert-OH is 1. The molecule has 104 valence electrons. The van der Waals surface area contributed by atoms with Crippen LogP contribution in [0.2, 0.25) is 0 Å². The lowest BCUT2D eigenvalue weighted by molar-refractivity contribution is 0.199. The number of nitrogens with zero attached hydrogens (tertiary/aromatic N) is 2. The van der Waals surface area contributed by atoms with E-state index in [0.717, 1.165) is 35.7 Å². The molecule has 1 aromatic rings. The molecule has 0 amide bonds. The second kappa shape index (κ2) is 5.12. The standard InChI is InChI=1S/C16H24N2O/c1-11(19)14-5-6-16(17-9-14)18(2)10-15-8-12-3-4-13(15)7-12/h5-6,9,11-13,15,19H,3-4,7-8,10H2,1-2H3/t11-,12?,13?,15?/m1/s1.